The van der Waals surface area contributed by atoms with Gasteiger partial charge in [0.25, 0.3) is 0 Å². The molecule has 1 N–H and O–H groups in total. The van der Waals surface area contributed by atoms with Crippen LogP contribution in [0.15, 0.2) is 0 Å². The van der Waals surface area contributed by atoms with Crippen LogP contribution in [0.5, 0.6) is 0 Å². The van der Waals surface area contributed by atoms with Gasteiger partial charge in [-0.25, -0.2) is 8.42 Å². The molecule has 0 aliphatic rings. The van der Waals surface area contributed by atoms with Crippen LogP contribution in [-0.4, -0.2) is 29.9 Å². The van der Waals surface area contributed by atoms with E-state index in [1.807, 2.05) is 0 Å². The molecule has 30 heavy (non-hydrogen) atoms. The summed E-state index contributed by atoms with van der Waals surface area (Å²) >= 11 is 0. The van der Waals surface area contributed by atoms with Crippen molar-refractivity contribution in [2.45, 2.75) is 148 Å². The summed E-state index contributed by atoms with van der Waals surface area (Å²) in [6.45, 7) is 2.25. The van der Waals surface area contributed by atoms with E-state index in [4.69, 9.17) is 0 Å². The molecule has 0 rings (SSSR count). The monoisotopic (exact) mass is 472 g/mol. The molecule has 6 heteroatoms. The molecule has 0 aliphatic carbocycles. The van der Waals surface area contributed by atoms with Crippen LogP contribution in [-0.2, 0) is 10.1 Å². The molecule has 0 aromatic carbocycles. The number of aliphatic hydroxyl groups is 1. The second-order valence-electron chi connectivity index (χ2n) is 8.86. The molecule has 176 valence electrons. The molecular formula is C24H49KO4S. The van der Waals surface area contributed by atoms with Gasteiger partial charge in [-0.3, -0.25) is 0 Å². The van der Waals surface area contributed by atoms with E-state index in [1.54, 1.807) is 0 Å². The minimum atomic E-state index is -4.02. The van der Waals surface area contributed by atoms with Crippen molar-refractivity contribution in [2.24, 2.45) is 0 Å². The summed E-state index contributed by atoms with van der Waals surface area (Å²) in [4.78, 5) is 0. The van der Waals surface area contributed by atoms with Crippen molar-refractivity contribution in [3.63, 3.8) is 0 Å². The molecule has 4 nitrogen and oxygen atoms in total. The summed E-state index contributed by atoms with van der Waals surface area (Å²) in [7, 11) is -4.02. The number of rotatable bonds is 23. The quantitative estimate of drug-likeness (QED) is 0.138. The van der Waals surface area contributed by atoms with Gasteiger partial charge in [0.2, 0.25) is 0 Å². The van der Waals surface area contributed by atoms with E-state index < -0.39 is 10.1 Å². The van der Waals surface area contributed by atoms with E-state index in [0.717, 1.165) is 38.5 Å². The van der Waals surface area contributed by atoms with Gasteiger partial charge >= 0.3 is 51.4 Å². The Morgan fingerprint density at radius 2 is 0.900 bits per heavy atom. The molecule has 0 heterocycles. The molecule has 1 atom stereocenters. The fraction of sp³-hybridized carbons (Fsp3) is 1.00. The van der Waals surface area contributed by atoms with Gasteiger partial charge in [0, 0.05) is 5.75 Å². The second kappa shape index (κ2) is 25.1. The SMILES string of the molecule is CCCCCCCCCC(O)CCCCCCCCCCCCCCS(=O)(=O)[O-].[K+]. The zero-order valence-electron chi connectivity index (χ0n) is 20.2. The largest absolute Gasteiger partial charge is 1.00 e. The molecule has 0 radical (unpaired) electrons. The second-order valence-corrected chi connectivity index (χ2v) is 10.4. The topological polar surface area (TPSA) is 77.4 Å². The Morgan fingerprint density at radius 1 is 0.600 bits per heavy atom. The standard InChI is InChI=1S/C24H50O4S.K/c1-2-3-4-5-12-15-18-21-24(25)22-19-16-13-10-8-6-7-9-11-14-17-20-23-29(26,27)28;/h24-25H,2-23H2,1H3,(H,26,27,28);/q;+1/p-1. The van der Waals surface area contributed by atoms with Crippen LogP contribution in [0.2, 0.25) is 0 Å². The summed E-state index contributed by atoms with van der Waals surface area (Å²) in [6, 6.07) is 0. The van der Waals surface area contributed by atoms with Crippen LogP contribution in [0.25, 0.3) is 0 Å². The average Bonchev–Trinajstić information content (AvgIpc) is 2.66. The molecule has 0 aromatic rings. The maximum Gasteiger partial charge on any atom is 1.00 e. The maximum atomic E-state index is 10.5. The van der Waals surface area contributed by atoms with Gasteiger partial charge in [-0.05, 0) is 19.3 Å². The Bertz CT molecular complexity index is 429. The fourth-order valence-corrected chi connectivity index (χ4v) is 4.47. The van der Waals surface area contributed by atoms with E-state index in [9.17, 15) is 18.1 Å². The van der Waals surface area contributed by atoms with E-state index in [2.05, 4.69) is 6.92 Å². The first-order valence-electron chi connectivity index (χ1n) is 12.6. The summed E-state index contributed by atoms with van der Waals surface area (Å²) in [5.41, 5.74) is 0. The predicted octanol–water partition coefficient (Wildman–Crippen LogP) is 4.11. The Balaban J connectivity index is 0. The minimum Gasteiger partial charge on any atom is -0.748 e. The van der Waals surface area contributed by atoms with Crippen LogP contribution < -0.4 is 51.4 Å². The van der Waals surface area contributed by atoms with Gasteiger partial charge < -0.3 is 9.66 Å². The van der Waals surface area contributed by atoms with E-state index >= 15 is 0 Å². The zero-order chi connectivity index (χ0) is 21.6. The Labute approximate surface area is 230 Å². The smallest absolute Gasteiger partial charge is 0.748 e. The van der Waals surface area contributed by atoms with Crippen LogP contribution >= 0.6 is 0 Å². The zero-order valence-corrected chi connectivity index (χ0v) is 24.2. The summed E-state index contributed by atoms with van der Waals surface area (Å²) in [6.07, 6.45) is 24.7. The molecular weight excluding hydrogens is 423 g/mol. The Hall–Kier alpha value is 1.51. The molecule has 0 saturated heterocycles. The van der Waals surface area contributed by atoms with Gasteiger partial charge in [0.15, 0.2) is 0 Å². The molecule has 0 aromatic heterocycles. The number of hydrogen-bond donors (Lipinski definition) is 1. The Morgan fingerprint density at radius 3 is 1.23 bits per heavy atom. The molecule has 0 aliphatic heterocycles. The van der Waals surface area contributed by atoms with Crippen molar-refractivity contribution in [1.29, 1.82) is 0 Å². The van der Waals surface area contributed by atoms with Gasteiger partial charge in [0.05, 0.1) is 16.2 Å². The third-order valence-corrected chi connectivity index (χ3v) is 6.61. The van der Waals surface area contributed by atoms with E-state index in [1.165, 1.54) is 89.9 Å². The first kappa shape index (κ1) is 33.7. The van der Waals surface area contributed by atoms with Gasteiger partial charge in [0.1, 0.15) is 0 Å². The van der Waals surface area contributed by atoms with E-state index in [-0.39, 0.29) is 63.2 Å². The number of unbranched alkanes of at least 4 members (excludes halogenated alkanes) is 17. The summed E-state index contributed by atoms with van der Waals surface area (Å²) < 4.78 is 31.5. The normalized spacial score (nSPS) is 12.6. The predicted molar refractivity (Wildman–Crippen MR) is 123 cm³/mol. The van der Waals surface area contributed by atoms with Crippen molar-refractivity contribution in [2.75, 3.05) is 5.75 Å². The van der Waals surface area contributed by atoms with Crippen molar-refractivity contribution >= 4 is 10.1 Å². The first-order valence-corrected chi connectivity index (χ1v) is 14.1. The summed E-state index contributed by atoms with van der Waals surface area (Å²) in [5.74, 6) is -0.205. The molecule has 0 amide bonds. The van der Waals surface area contributed by atoms with Crippen molar-refractivity contribution in [1.82, 2.24) is 0 Å². The van der Waals surface area contributed by atoms with Crippen molar-refractivity contribution < 1.29 is 69.5 Å². The average molecular weight is 473 g/mol. The van der Waals surface area contributed by atoms with Crippen molar-refractivity contribution in [3.05, 3.63) is 0 Å². The third-order valence-electron chi connectivity index (χ3n) is 5.82. The van der Waals surface area contributed by atoms with Gasteiger partial charge in [-0.1, -0.05) is 122 Å². The molecule has 1 unspecified atom stereocenters. The maximum absolute atomic E-state index is 10.5. The van der Waals surface area contributed by atoms with Crippen LogP contribution in [0.4, 0.5) is 0 Å². The number of hydrogen-bond acceptors (Lipinski definition) is 4. The molecule has 0 saturated carbocycles. The first-order chi connectivity index (χ1) is 14.0. The van der Waals surface area contributed by atoms with Gasteiger partial charge in [-0.2, -0.15) is 0 Å². The molecule has 0 spiro atoms. The molecule has 0 bridgehead atoms. The van der Waals surface area contributed by atoms with Crippen LogP contribution in [0.3, 0.4) is 0 Å². The Kier molecular flexibility index (Phi) is 28.2. The van der Waals surface area contributed by atoms with Crippen LogP contribution in [0, 0.1) is 0 Å². The summed E-state index contributed by atoms with van der Waals surface area (Å²) in [5, 5.41) is 10.1. The molecule has 0 fully saturated rings. The van der Waals surface area contributed by atoms with Crippen molar-refractivity contribution in [3.8, 4) is 0 Å². The minimum absolute atomic E-state index is 0. The van der Waals surface area contributed by atoms with Gasteiger partial charge in [-0.15, -0.1) is 0 Å². The number of aliphatic hydroxyl groups excluding tert-OH is 1. The third kappa shape index (κ3) is 29.5. The fourth-order valence-electron chi connectivity index (χ4n) is 3.91. The van der Waals surface area contributed by atoms with Crippen LogP contribution in [0.1, 0.15) is 142 Å². The van der Waals surface area contributed by atoms with E-state index in [0.29, 0.717) is 6.42 Å².